The number of anilines is 1. The molecule has 0 saturated carbocycles. The largest absolute Gasteiger partial charge is 0.478 e. The molecule has 3 N–H and O–H groups in total. The van der Waals surface area contributed by atoms with Gasteiger partial charge in [-0.1, -0.05) is 11.6 Å². The lowest BCUT2D eigenvalue weighted by atomic mass is 10.1. The van der Waals surface area contributed by atoms with Crippen LogP contribution in [-0.2, 0) is 4.79 Å². The van der Waals surface area contributed by atoms with Gasteiger partial charge in [0.1, 0.15) is 5.82 Å². The molecule has 0 unspecified atom stereocenters. The maximum Gasteiger partial charge on any atom is 0.328 e. The first kappa shape index (κ1) is 10.5. The van der Waals surface area contributed by atoms with E-state index in [9.17, 15) is 9.18 Å². The molecule has 1 aromatic rings. The Bertz CT molecular complexity index is 404. The number of carbonyl (C=O) groups is 1. The van der Waals surface area contributed by atoms with Crippen molar-refractivity contribution in [3.05, 3.63) is 34.6 Å². The van der Waals surface area contributed by atoms with Crippen LogP contribution < -0.4 is 5.73 Å². The fourth-order valence-corrected chi connectivity index (χ4v) is 1.06. The normalized spacial score (nSPS) is 10.7. The third kappa shape index (κ3) is 2.47. The van der Waals surface area contributed by atoms with E-state index in [1.807, 2.05) is 0 Å². The first-order valence-electron chi connectivity index (χ1n) is 3.66. The van der Waals surface area contributed by atoms with Crippen LogP contribution in [-0.4, -0.2) is 11.1 Å². The van der Waals surface area contributed by atoms with Crippen molar-refractivity contribution in [1.82, 2.24) is 0 Å². The fourth-order valence-electron chi connectivity index (χ4n) is 0.883. The number of aliphatic carboxylic acids is 1. The Kier molecular flexibility index (Phi) is 3.09. The smallest absolute Gasteiger partial charge is 0.328 e. The summed E-state index contributed by atoms with van der Waals surface area (Å²) in [5.74, 6) is -1.76. The van der Waals surface area contributed by atoms with Crippen molar-refractivity contribution in [3.63, 3.8) is 0 Å². The molecule has 0 fully saturated rings. The van der Waals surface area contributed by atoms with Gasteiger partial charge in [-0.15, -0.1) is 0 Å². The minimum atomic E-state index is -1.13. The van der Waals surface area contributed by atoms with Crippen LogP contribution in [0.2, 0.25) is 5.02 Å². The molecule has 0 bridgehead atoms. The molecule has 0 amide bonds. The van der Waals surface area contributed by atoms with Crippen LogP contribution in [0.25, 0.3) is 6.08 Å². The number of carboxylic acids is 1. The van der Waals surface area contributed by atoms with Crippen LogP contribution in [0, 0.1) is 5.82 Å². The van der Waals surface area contributed by atoms with Crippen LogP contribution in [0.5, 0.6) is 0 Å². The number of hydrogen-bond donors (Lipinski definition) is 2. The standard InChI is InChI=1S/C9H7ClFNO2/c10-6-4-8(12)5(3-7(6)11)1-2-9(13)14/h1-4H,12H2,(H,13,14)/b2-1+. The maximum atomic E-state index is 12.9. The predicted octanol–water partition coefficient (Wildman–Crippen LogP) is 2.16. The molecule has 0 radical (unpaired) electrons. The molecule has 74 valence electrons. The Morgan fingerprint density at radius 1 is 1.57 bits per heavy atom. The second-order valence-electron chi connectivity index (χ2n) is 2.57. The summed E-state index contributed by atoms with van der Waals surface area (Å²) in [6.07, 6.45) is 2.08. The van der Waals surface area contributed by atoms with E-state index in [4.69, 9.17) is 22.4 Å². The molecule has 0 saturated heterocycles. The average molecular weight is 216 g/mol. The van der Waals surface area contributed by atoms with Crippen LogP contribution in [0.1, 0.15) is 5.56 Å². The Labute approximate surface area is 84.6 Å². The average Bonchev–Trinajstić information content (AvgIpc) is 2.09. The van der Waals surface area contributed by atoms with Gasteiger partial charge in [0.2, 0.25) is 0 Å². The lowest BCUT2D eigenvalue weighted by molar-refractivity contribution is -0.131. The molecule has 0 aromatic heterocycles. The summed E-state index contributed by atoms with van der Waals surface area (Å²) in [5.41, 5.74) is 6.00. The molecule has 14 heavy (non-hydrogen) atoms. The summed E-state index contributed by atoms with van der Waals surface area (Å²) in [6.45, 7) is 0. The Balaban J connectivity index is 3.10. The van der Waals surface area contributed by atoms with Gasteiger partial charge >= 0.3 is 5.97 Å². The highest BCUT2D eigenvalue weighted by molar-refractivity contribution is 6.31. The molecule has 1 rings (SSSR count). The highest BCUT2D eigenvalue weighted by atomic mass is 35.5. The second-order valence-corrected chi connectivity index (χ2v) is 2.97. The molecule has 0 spiro atoms. The molecule has 0 aliphatic rings. The number of hydrogen-bond acceptors (Lipinski definition) is 2. The topological polar surface area (TPSA) is 63.3 Å². The predicted molar refractivity (Wildman–Crippen MR) is 52.5 cm³/mol. The maximum absolute atomic E-state index is 12.9. The first-order chi connectivity index (χ1) is 6.50. The summed E-state index contributed by atoms with van der Waals surface area (Å²) >= 11 is 5.45. The molecule has 0 aliphatic carbocycles. The Morgan fingerprint density at radius 2 is 2.21 bits per heavy atom. The molecule has 0 heterocycles. The van der Waals surface area contributed by atoms with E-state index in [-0.39, 0.29) is 16.3 Å². The molecular formula is C9H7ClFNO2. The lowest BCUT2D eigenvalue weighted by Crippen LogP contribution is -1.93. The zero-order valence-electron chi connectivity index (χ0n) is 7.00. The van der Waals surface area contributed by atoms with E-state index in [0.717, 1.165) is 12.1 Å². The number of nitrogens with two attached hydrogens (primary N) is 1. The molecule has 0 aliphatic heterocycles. The van der Waals surface area contributed by atoms with Crippen LogP contribution in [0.4, 0.5) is 10.1 Å². The summed E-state index contributed by atoms with van der Waals surface area (Å²) in [7, 11) is 0. The number of carboxylic acid groups (broad SMARTS) is 1. The van der Waals surface area contributed by atoms with Crippen molar-refractivity contribution in [2.24, 2.45) is 0 Å². The Hall–Kier alpha value is -1.55. The second kappa shape index (κ2) is 4.11. The fraction of sp³-hybridized carbons (Fsp3) is 0. The lowest BCUT2D eigenvalue weighted by Gasteiger charge is -2.01. The van der Waals surface area contributed by atoms with Crippen molar-refractivity contribution >= 4 is 29.3 Å². The number of nitrogen functional groups attached to an aromatic ring is 1. The minimum Gasteiger partial charge on any atom is -0.478 e. The number of halogens is 2. The van der Waals surface area contributed by atoms with Gasteiger partial charge in [0, 0.05) is 17.3 Å². The van der Waals surface area contributed by atoms with Gasteiger partial charge in [-0.2, -0.15) is 0 Å². The van der Waals surface area contributed by atoms with Crippen molar-refractivity contribution in [1.29, 1.82) is 0 Å². The van der Waals surface area contributed by atoms with Gasteiger partial charge in [0.15, 0.2) is 0 Å². The summed E-state index contributed by atoms with van der Waals surface area (Å²) in [5, 5.41) is 8.25. The van der Waals surface area contributed by atoms with Gasteiger partial charge in [0.05, 0.1) is 5.02 Å². The quantitative estimate of drug-likeness (QED) is 0.587. The zero-order valence-corrected chi connectivity index (χ0v) is 7.75. The van der Waals surface area contributed by atoms with Gasteiger partial charge in [-0.05, 0) is 18.2 Å². The molecule has 3 nitrogen and oxygen atoms in total. The highest BCUT2D eigenvalue weighted by Gasteiger charge is 2.03. The van der Waals surface area contributed by atoms with E-state index < -0.39 is 11.8 Å². The van der Waals surface area contributed by atoms with Gasteiger partial charge in [0.25, 0.3) is 0 Å². The summed E-state index contributed by atoms with van der Waals surface area (Å²) in [4.78, 5) is 10.2. The van der Waals surface area contributed by atoms with Crippen molar-refractivity contribution in [2.45, 2.75) is 0 Å². The van der Waals surface area contributed by atoms with E-state index in [1.165, 1.54) is 12.1 Å². The van der Waals surface area contributed by atoms with E-state index >= 15 is 0 Å². The van der Waals surface area contributed by atoms with E-state index in [0.29, 0.717) is 0 Å². The molecule has 5 heteroatoms. The van der Waals surface area contributed by atoms with Crippen molar-refractivity contribution in [2.75, 3.05) is 5.73 Å². The van der Waals surface area contributed by atoms with Crippen molar-refractivity contribution in [3.8, 4) is 0 Å². The zero-order chi connectivity index (χ0) is 10.7. The molecule has 1 aromatic carbocycles. The van der Waals surface area contributed by atoms with Gasteiger partial charge < -0.3 is 10.8 Å². The van der Waals surface area contributed by atoms with Crippen LogP contribution >= 0.6 is 11.6 Å². The third-order valence-corrected chi connectivity index (χ3v) is 1.82. The monoisotopic (exact) mass is 215 g/mol. The van der Waals surface area contributed by atoms with E-state index in [2.05, 4.69) is 0 Å². The third-order valence-electron chi connectivity index (χ3n) is 1.53. The minimum absolute atomic E-state index is 0.0880. The highest BCUT2D eigenvalue weighted by Crippen LogP contribution is 2.22. The van der Waals surface area contributed by atoms with Crippen LogP contribution in [0.3, 0.4) is 0 Å². The summed E-state index contributed by atoms with van der Waals surface area (Å²) in [6, 6.07) is 2.31. The van der Waals surface area contributed by atoms with Crippen LogP contribution in [0.15, 0.2) is 18.2 Å². The number of benzene rings is 1. The first-order valence-corrected chi connectivity index (χ1v) is 4.04. The van der Waals surface area contributed by atoms with Gasteiger partial charge in [-0.3, -0.25) is 0 Å². The Morgan fingerprint density at radius 3 is 2.79 bits per heavy atom. The summed E-state index contributed by atoms with van der Waals surface area (Å²) < 4.78 is 12.9. The van der Waals surface area contributed by atoms with E-state index in [1.54, 1.807) is 0 Å². The van der Waals surface area contributed by atoms with Crippen molar-refractivity contribution < 1.29 is 14.3 Å². The molecule has 0 atom stereocenters. The van der Waals surface area contributed by atoms with Gasteiger partial charge in [-0.25, -0.2) is 9.18 Å². The number of rotatable bonds is 2. The SMILES string of the molecule is Nc1cc(Cl)c(F)cc1/C=C/C(=O)O. The molecular weight excluding hydrogens is 209 g/mol.